The monoisotopic (exact) mass is 376 g/mol. The predicted molar refractivity (Wildman–Crippen MR) is 92.5 cm³/mol. The van der Waals surface area contributed by atoms with E-state index >= 15 is 0 Å². The topological polar surface area (TPSA) is 113 Å². The van der Waals surface area contributed by atoms with Crippen molar-refractivity contribution in [1.29, 1.82) is 0 Å². The summed E-state index contributed by atoms with van der Waals surface area (Å²) in [5, 5.41) is 11.8. The maximum Gasteiger partial charge on any atom is 0.307 e. The first-order valence-electron chi connectivity index (χ1n) is 7.67. The van der Waals surface area contributed by atoms with Gasteiger partial charge in [-0.05, 0) is 30.9 Å². The lowest BCUT2D eigenvalue weighted by atomic mass is 9.98. The van der Waals surface area contributed by atoms with Crippen molar-refractivity contribution in [3.05, 3.63) is 17.0 Å². The molecule has 1 unspecified atom stereocenters. The molecule has 0 fully saturated rings. The maximum atomic E-state index is 12.3. The van der Waals surface area contributed by atoms with Gasteiger partial charge in [0.1, 0.15) is 4.21 Å². The van der Waals surface area contributed by atoms with Crippen LogP contribution >= 0.6 is 11.3 Å². The van der Waals surface area contributed by atoms with E-state index in [0.29, 0.717) is 19.4 Å². The third-order valence-electron chi connectivity index (χ3n) is 3.27. The molecule has 0 spiro atoms. The number of carboxylic acid groups (broad SMARTS) is 1. The van der Waals surface area contributed by atoms with Gasteiger partial charge in [0.05, 0.1) is 5.92 Å². The summed E-state index contributed by atoms with van der Waals surface area (Å²) >= 11 is 1.12. The van der Waals surface area contributed by atoms with Crippen molar-refractivity contribution in [1.82, 2.24) is 10.0 Å². The van der Waals surface area contributed by atoms with Gasteiger partial charge in [-0.25, -0.2) is 13.1 Å². The highest BCUT2D eigenvalue weighted by Crippen LogP contribution is 2.22. The van der Waals surface area contributed by atoms with Crippen LogP contribution in [0.1, 0.15) is 32.1 Å². The average molecular weight is 377 g/mol. The van der Waals surface area contributed by atoms with Crippen molar-refractivity contribution < 1.29 is 23.1 Å². The van der Waals surface area contributed by atoms with Crippen molar-refractivity contribution in [2.75, 3.05) is 13.1 Å². The highest BCUT2D eigenvalue weighted by Gasteiger charge is 2.23. The number of carbonyl (C=O) groups excluding carboxylic acids is 1. The zero-order valence-corrected chi connectivity index (χ0v) is 15.7. The molecule has 136 valence electrons. The van der Waals surface area contributed by atoms with Crippen molar-refractivity contribution in [2.45, 2.75) is 37.8 Å². The van der Waals surface area contributed by atoms with Crippen LogP contribution < -0.4 is 10.0 Å². The largest absolute Gasteiger partial charge is 0.481 e. The molecular weight excluding hydrogens is 352 g/mol. The number of carboxylic acids is 1. The Balaban J connectivity index is 2.66. The Kier molecular flexibility index (Phi) is 7.85. The summed E-state index contributed by atoms with van der Waals surface area (Å²) in [6, 6.07) is 3.19. The summed E-state index contributed by atoms with van der Waals surface area (Å²) in [7, 11) is -3.73. The van der Waals surface area contributed by atoms with Crippen LogP contribution in [0.5, 0.6) is 0 Å². The van der Waals surface area contributed by atoms with E-state index in [9.17, 15) is 18.0 Å². The fourth-order valence-corrected chi connectivity index (χ4v) is 4.60. The normalized spacial score (nSPS) is 13.0. The first-order valence-corrected chi connectivity index (χ1v) is 9.97. The molecule has 24 heavy (non-hydrogen) atoms. The van der Waals surface area contributed by atoms with Gasteiger partial charge in [0.25, 0.3) is 0 Å². The lowest BCUT2D eigenvalue weighted by Crippen LogP contribution is -2.33. The summed E-state index contributed by atoms with van der Waals surface area (Å²) in [6.45, 7) is 5.52. The predicted octanol–water partition coefficient (Wildman–Crippen LogP) is 1.45. The fraction of sp³-hybridized carbons (Fsp3) is 0.600. The molecule has 7 nitrogen and oxygen atoms in total. The molecule has 1 heterocycles. The zero-order chi connectivity index (χ0) is 18.3. The van der Waals surface area contributed by atoms with Crippen LogP contribution in [0, 0.1) is 11.8 Å². The molecule has 3 N–H and O–H groups in total. The summed E-state index contributed by atoms with van der Waals surface area (Å²) in [4.78, 5) is 22.9. The standard InChI is InChI=1S/C15H24N2O5S2/c1-10(2)8-12(15(19)20)9-17-24(21,22)14-5-4-13(23-14)6-7-16-11(3)18/h4-5,10,12,17H,6-9H2,1-3H3,(H,16,18)(H,19,20). The van der Waals surface area contributed by atoms with E-state index in [1.807, 2.05) is 13.8 Å². The number of thiophene rings is 1. The molecule has 1 amide bonds. The molecule has 0 aliphatic rings. The Morgan fingerprint density at radius 2 is 1.96 bits per heavy atom. The quantitative estimate of drug-likeness (QED) is 0.572. The highest BCUT2D eigenvalue weighted by atomic mass is 32.2. The van der Waals surface area contributed by atoms with Gasteiger partial charge in [0.15, 0.2) is 0 Å². The first-order chi connectivity index (χ1) is 11.1. The van der Waals surface area contributed by atoms with Crippen LogP contribution in [-0.4, -0.2) is 38.5 Å². The van der Waals surface area contributed by atoms with Crippen LogP contribution in [0.4, 0.5) is 0 Å². The third kappa shape index (κ3) is 6.98. The number of rotatable bonds is 10. The minimum Gasteiger partial charge on any atom is -0.481 e. The fourth-order valence-electron chi connectivity index (χ4n) is 2.12. The molecule has 0 radical (unpaired) electrons. The van der Waals surface area contributed by atoms with Crippen molar-refractivity contribution in [2.24, 2.45) is 11.8 Å². The molecule has 1 aromatic rings. The van der Waals surface area contributed by atoms with Gasteiger partial charge in [-0.2, -0.15) is 0 Å². The van der Waals surface area contributed by atoms with E-state index in [1.54, 1.807) is 6.07 Å². The molecule has 0 aliphatic carbocycles. The Labute approximate surface area is 146 Å². The summed E-state index contributed by atoms with van der Waals surface area (Å²) in [5.74, 6) is -1.73. The van der Waals surface area contributed by atoms with Crippen LogP contribution in [0.25, 0.3) is 0 Å². The molecule has 0 aromatic carbocycles. The van der Waals surface area contributed by atoms with Crippen molar-refractivity contribution in [3.63, 3.8) is 0 Å². The second kappa shape index (κ2) is 9.14. The smallest absolute Gasteiger partial charge is 0.307 e. The van der Waals surface area contributed by atoms with E-state index in [2.05, 4.69) is 10.0 Å². The Morgan fingerprint density at radius 3 is 2.50 bits per heavy atom. The van der Waals surface area contributed by atoms with Crippen molar-refractivity contribution in [3.8, 4) is 0 Å². The lowest BCUT2D eigenvalue weighted by Gasteiger charge is -2.15. The van der Waals surface area contributed by atoms with Crippen LogP contribution in [0.3, 0.4) is 0 Å². The number of sulfonamides is 1. The molecule has 0 saturated heterocycles. The number of hydrogen-bond acceptors (Lipinski definition) is 5. The highest BCUT2D eigenvalue weighted by molar-refractivity contribution is 7.91. The molecule has 0 bridgehead atoms. The van der Waals surface area contributed by atoms with Gasteiger partial charge in [0, 0.05) is 24.9 Å². The van der Waals surface area contributed by atoms with Crippen LogP contribution in [-0.2, 0) is 26.0 Å². The van der Waals surface area contributed by atoms with Gasteiger partial charge >= 0.3 is 5.97 Å². The third-order valence-corrected chi connectivity index (χ3v) is 6.33. The molecule has 1 atom stereocenters. The van der Waals surface area contributed by atoms with Crippen molar-refractivity contribution >= 4 is 33.2 Å². The average Bonchev–Trinajstić information content (AvgIpc) is 2.92. The van der Waals surface area contributed by atoms with Gasteiger partial charge in [-0.3, -0.25) is 9.59 Å². The van der Waals surface area contributed by atoms with E-state index in [1.165, 1.54) is 13.0 Å². The zero-order valence-electron chi connectivity index (χ0n) is 14.0. The van der Waals surface area contributed by atoms with E-state index in [-0.39, 0.29) is 22.6 Å². The SMILES string of the molecule is CC(=O)NCCc1ccc(S(=O)(=O)NCC(CC(C)C)C(=O)O)s1. The minimum atomic E-state index is -3.73. The Hall–Kier alpha value is -1.45. The van der Waals surface area contributed by atoms with Crippen LogP contribution in [0.15, 0.2) is 16.3 Å². The number of amides is 1. The lowest BCUT2D eigenvalue weighted by molar-refractivity contribution is -0.142. The molecule has 0 aliphatic heterocycles. The molecule has 1 rings (SSSR count). The molecule has 9 heteroatoms. The second-order valence-corrected chi connectivity index (χ2v) is 9.13. The summed E-state index contributed by atoms with van der Waals surface area (Å²) < 4.78 is 27.1. The minimum absolute atomic E-state index is 0.130. The molecule has 1 aromatic heterocycles. The number of aliphatic carboxylic acids is 1. The first kappa shape index (κ1) is 20.6. The van der Waals surface area contributed by atoms with Crippen LogP contribution in [0.2, 0.25) is 0 Å². The maximum absolute atomic E-state index is 12.3. The Bertz CT molecular complexity index is 667. The number of hydrogen-bond donors (Lipinski definition) is 3. The van der Waals surface area contributed by atoms with Gasteiger partial charge < -0.3 is 10.4 Å². The number of carbonyl (C=O) groups is 2. The van der Waals surface area contributed by atoms with Gasteiger partial charge in [0.2, 0.25) is 15.9 Å². The Morgan fingerprint density at radius 1 is 1.29 bits per heavy atom. The van der Waals surface area contributed by atoms with E-state index in [0.717, 1.165) is 16.2 Å². The van der Waals surface area contributed by atoms with E-state index < -0.39 is 21.9 Å². The molecule has 0 saturated carbocycles. The second-order valence-electron chi connectivity index (χ2n) is 5.97. The summed E-state index contributed by atoms with van der Waals surface area (Å²) in [6.07, 6.45) is 0.953. The van der Waals surface area contributed by atoms with Gasteiger partial charge in [-0.1, -0.05) is 13.8 Å². The molecular formula is C15H24N2O5S2. The van der Waals surface area contributed by atoms with E-state index in [4.69, 9.17) is 5.11 Å². The summed E-state index contributed by atoms with van der Waals surface area (Å²) in [5.41, 5.74) is 0. The number of nitrogens with one attached hydrogen (secondary N) is 2. The van der Waals surface area contributed by atoms with Gasteiger partial charge in [-0.15, -0.1) is 11.3 Å².